The fraction of sp³-hybridized carbons (Fsp3) is 0.238. The van der Waals surface area contributed by atoms with E-state index in [1.807, 2.05) is 30.3 Å². The summed E-state index contributed by atoms with van der Waals surface area (Å²) in [5.74, 6) is 0.204. The Balaban J connectivity index is 1.50. The molecule has 4 heteroatoms. The summed E-state index contributed by atoms with van der Waals surface area (Å²) in [5, 5.41) is 2.31. The zero-order valence-corrected chi connectivity index (χ0v) is 14.2. The molecule has 2 aliphatic carbocycles. The van der Waals surface area contributed by atoms with E-state index in [0.29, 0.717) is 0 Å². The number of benzene rings is 2. The minimum Gasteiger partial charge on any atom is -0.274 e. The summed E-state index contributed by atoms with van der Waals surface area (Å²) in [4.78, 5) is 27.5. The summed E-state index contributed by atoms with van der Waals surface area (Å²) < 4.78 is 2.42. The van der Waals surface area contributed by atoms with Gasteiger partial charge in [0.15, 0.2) is 0 Å². The zero-order chi connectivity index (χ0) is 16.7. The van der Waals surface area contributed by atoms with Crippen LogP contribution in [-0.4, -0.2) is 11.8 Å². The molecule has 3 nitrogen and oxygen atoms in total. The van der Waals surface area contributed by atoms with Gasteiger partial charge in [-0.15, -0.1) is 11.3 Å². The van der Waals surface area contributed by atoms with E-state index in [0.717, 1.165) is 17.5 Å². The summed E-state index contributed by atoms with van der Waals surface area (Å²) in [6.07, 6.45) is 5.24. The van der Waals surface area contributed by atoms with Crippen molar-refractivity contribution in [2.75, 3.05) is 4.90 Å². The number of allylic oxidation sites excluding steroid dienone is 2. The van der Waals surface area contributed by atoms with Crippen molar-refractivity contribution < 1.29 is 9.59 Å². The van der Waals surface area contributed by atoms with Crippen LogP contribution in [0.1, 0.15) is 6.42 Å². The van der Waals surface area contributed by atoms with Crippen LogP contribution in [0.4, 0.5) is 5.69 Å². The van der Waals surface area contributed by atoms with E-state index in [-0.39, 0.29) is 35.5 Å². The van der Waals surface area contributed by atoms with Crippen molar-refractivity contribution in [2.45, 2.75) is 6.42 Å². The molecular weight excluding hydrogens is 330 g/mol. The molecule has 122 valence electrons. The lowest BCUT2D eigenvalue weighted by molar-refractivity contribution is -0.123. The molecule has 0 spiro atoms. The van der Waals surface area contributed by atoms with Gasteiger partial charge < -0.3 is 0 Å². The Bertz CT molecular complexity index is 1080. The molecule has 2 bridgehead atoms. The van der Waals surface area contributed by atoms with Gasteiger partial charge in [-0.05, 0) is 42.5 Å². The number of nitrogens with zero attached hydrogens (tertiary/aromatic N) is 1. The first kappa shape index (κ1) is 13.8. The third kappa shape index (κ3) is 1.65. The lowest BCUT2D eigenvalue weighted by Gasteiger charge is -2.17. The van der Waals surface area contributed by atoms with E-state index in [1.54, 1.807) is 11.3 Å². The highest BCUT2D eigenvalue weighted by atomic mass is 32.1. The molecule has 25 heavy (non-hydrogen) atoms. The number of thiophene rings is 1. The van der Waals surface area contributed by atoms with E-state index < -0.39 is 0 Å². The highest BCUT2D eigenvalue weighted by Gasteiger charge is 2.59. The summed E-state index contributed by atoms with van der Waals surface area (Å²) in [7, 11) is 0. The van der Waals surface area contributed by atoms with Gasteiger partial charge in [0.05, 0.1) is 17.5 Å². The monoisotopic (exact) mass is 345 g/mol. The molecule has 1 aliphatic heterocycles. The van der Waals surface area contributed by atoms with Gasteiger partial charge in [-0.3, -0.25) is 9.59 Å². The smallest absolute Gasteiger partial charge is 0.238 e. The first-order chi connectivity index (χ1) is 12.2. The van der Waals surface area contributed by atoms with Crippen molar-refractivity contribution in [2.24, 2.45) is 23.7 Å². The SMILES string of the molecule is O=C1[C@@H]2[C@H](C(=O)N1c1ccc3sc4ccccc4c3c1)[C@H]1C=C[C@H]2C1. The van der Waals surface area contributed by atoms with Crippen molar-refractivity contribution in [1.82, 2.24) is 0 Å². The number of anilines is 1. The molecule has 3 aliphatic rings. The van der Waals surface area contributed by atoms with Crippen molar-refractivity contribution in [3.05, 3.63) is 54.6 Å². The van der Waals surface area contributed by atoms with E-state index in [9.17, 15) is 9.59 Å². The summed E-state index contributed by atoms with van der Waals surface area (Å²) >= 11 is 1.74. The molecule has 6 rings (SSSR count). The standard InChI is InChI=1S/C21H15NO2S/c23-20-18-11-5-6-12(9-11)19(18)21(24)22(20)13-7-8-17-15(10-13)14-3-1-2-4-16(14)25-17/h1-8,10-12,18-19H,9H2/t11-,12-,18-,19+/m0/s1. The maximum atomic E-state index is 13.0. The van der Waals surface area contributed by atoms with Crippen LogP contribution in [0.2, 0.25) is 0 Å². The number of amides is 2. The number of carbonyl (C=O) groups is 2. The second kappa shape index (κ2) is 4.58. The van der Waals surface area contributed by atoms with Crippen molar-refractivity contribution in [3.63, 3.8) is 0 Å². The lowest BCUT2D eigenvalue weighted by Crippen LogP contribution is -2.32. The maximum Gasteiger partial charge on any atom is 0.238 e. The number of hydrogen-bond acceptors (Lipinski definition) is 3. The number of imide groups is 1. The topological polar surface area (TPSA) is 37.4 Å². The Morgan fingerprint density at radius 3 is 2.28 bits per heavy atom. The largest absolute Gasteiger partial charge is 0.274 e. The molecule has 0 unspecified atom stereocenters. The van der Waals surface area contributed by atoms with Crippen LogP contribution in [-0.2, 0) is 9.59 Å². The predicted octanol–water partition coefficient (Wildman–Crippen LogP) is 4.37. The van der Waals surface area contributed by atoms with Crippen LogP contribution in [0.15, 0.2) is 54.6 Å². The van der Waals surface area contributed by atoms with Crippen LogP contribution < -0.4 is 4.90 Å². The predicted molar refractivity (Wildman–Crippen MR) is 99.5 cm³/mol. The molecule has 1 aromatic heterocycles. The van der Waals surface area contributed by atoms with Gasteiger partial charge in [-0.1, -0.05) is 30.4 Å². The van der Waals surface area contributed by atoms with Gasteiger partial charge >= 0.3 is 0 Å². The minimum atomic E-state index is -0.141. The fourth-order valence-corrected chi connectivity index (χ4v) is 6.10. The first-order valence-corrected chi connectivity index (χ1v) is 9.51. The normalized spacial score (nSPS) is 30.2. The molecule has 1 saturated carbocycles. The lowest BCUT2D eigenvalue weighted by atomic mass is 9.85. The summed E-state index contributed by atoms with van der Waals surface area (Å²) in [6.45, 7) is 0. The Morgan fingerprint density at radius 2 is 1.52 bits per heavy atom. The van der Waals surface area contributed by atoms with E-state index in [1.165, 1.54) is 19.7 Å². The van der Waals surface area contributed by atoms with E-state index in [4.69, 9.17) is 0 Å². The molecule has 1 saturated heterocycles. The first-order valence-electron chi connectivity index (χ1n) is 8.70. The van der Waals surface area contributed by atoms with Gasteiger partial charge in [0.2, 0.25) is 11.8 Å². The molecule has 4 atom stereocenters. The molecule has 2 heterocycles. The third-order valence-corrected chi connectivity index (χ3v) is 7.24. The number of hydrogen-bond donors (Lipinski definition) is 0. The average Bonchev–Trinajstić information content (AvgIpc) is 3.37. The van der Waals surface area contributed by atoms with Gasteiger partial charge in [0.25, 0.3) is 0 Å². The van der Waals surface area contributed by atoms with Crippen LogP contribution in [0, 0.1) is 23.7 Å². The molecule has 0 radical (unpaired) electrons. The maximum absolute atomic E-state index is 13.0. The van der Waals surface area contributed by atoms with Crippen molar-refractivity contribution in [1.29, 1.82) is 0 Å². The van der Waals surface area contributed by atoms with Gasteiger partial charge in [-0.25, -0.2) is 4.90 Å². The van der Waals surface area contributed by atoms with Crippen LogP contribution in [0.3, 0.4) is 0 Å². The highest BCUT2D eigenvalue weighted by molar-refractivity contribution is 7.25. The molecule has 2 amide bonds. The molecule has 3 aromatic rings. The minimum absolute atomic E-state index is 0.00858. The summed E-state index contributed by atoms with van der Waals surface area (Å²) in [5.41, 5.74) is 0.722. The van der Waals surface area contributed by atoms with Gasteiger partial charge in [0, 0.05) is 20.2 Å². The molecule has 2 fully saturated rings. The highest BCUT2D eigenvalue weighted by Crippen LogP contribution is 2.53. The number of carbonyl (C=O) groups excluding carboxylic acids is 2. The second-order valence-electron chi connectivity index (χ2n) is 7.29. The molecule has 0 N–H and O–H groups in total. The Kier molecular flexibility index (Phi) is 2.53. The Labute approximate surface area is 148 Å². The quantitative estimate of drug-likeness (QED) is 0.485. The Hall–Kier alpha value is -2.46. The third-order valence-electron chi connectivity index (χ3n) is 6.09. The van der Waals surface area contributed by atoms with Crippen molar-refractivity contribution >= 4 is 49.0 Å². The van der Waals surface area contributed by atoms with Crippen molar-refractivity contribution in [3.8, 4) is 0 Å². The van der Waals surface area contributed by atoms with E-state index >= 15 is 0 Å². The number of fused-ring (bicyclic) bond motifs is 8. The van der Waals surface area contributed by atoms with E-state index in [2.05, 4.69) is 24.3 Å². The molecular formula is C21H15NO2S. The molecule has 2 aromatic carbocycles. The van der Waals surface area contributed by atoms with Crippen LogP contribution in [0.25, 0.3) is 20.2 Å². The second-order valence-corrected chi connectivity index (χ2v) is 8.37. The summed E-state index contributed by atoms with van der Waals surface area (Å²) in [6, 6.07) is 14.3. The van der Waals surface area contributed by atoms with Gasteiger partial charge in [-0.2, -0.15) is 0 Å². The number of rotatable bonds is 1. The van der Waals surface area contributed by atoms with Crippen LogP contribution >= 0.6 is 11.3 Å². The Morgan fingerprint density at radius 1 is 0.840 bits per heavy atom. The fourth-order valence-electron chi connectivity index (χ4n) is 5.01. The average molecular weight is 345 g/mol. The van der Waals surface area contributed by atoms with Gasteiger partial charge in [0.1, 0.15) is 0 Å². The zero-order valence-electron chi connectivity index (χ0n) is 13.4. The van der Waals surface area contributed by atoms with Crippen LogP contribution in [0.5, 0.6) is 0 Å².